The predicted octanol–water partition coefficient (Wildman–Crippen LogP) is 0.725. The molecule has 0 radical (unpaired) electrons. The molecule has 0 fully saturated rings. The first-order chi connectivity index (χ1) is 10.9. The summed E-state index contributed by atoms with van der Waals surface area (Å²) in [4.78, 5) is 11.1. The fourth-order valence-corrected chi connectivity index (χ4v) is 3.31. The van der Waals surface area contributed by atoms with Gasteiger partial charge in [0.2, 0.25) is 0 Å². The predicted molar refractivity (Wildman–Crippen MR) is 84.8 cm³/mol. The molecule has 1 unspecified atom stereocenters. The molecule has 1 atom stereocenters. The summed E-state index contributed by atoms with van der Waals surface area (Å²) in [5.74, 6) is -0.485. The molecule has 0 aliphatic heterocycles. The average molecular weight is 352 g/mol. The fourth-order valence-electron chi connectivity index (χ4n) is 1.62. The van der Waals surface area contributed by atoms with Gasteiger partial charge in [0.1, 0.15) is 6.61 Å². The van der Waals surface area contributed by atoms with Crippen LogP contribution in [0.15, 0.2) is 12.2 Å². The topological polar surface area (TPSA) is 92.7 Å². The lowest BCUT2D eigenvalue weighted by Gasteiger charge is -2.24. The molecule has 0 saturated carbocycles. The first-order valence-electron chi connectivity index (χ1n) is 7.26. The van der Waals surface area contributed by atoms with Crippen LogP contribution in [0.5, 0.6) is 0 Å². The van der Waals surface area contributed by atoms with Crippen molar-refractivity contribution in [2.45, 2.75) is 25.7 Å². The molecule has 0 aromatic carbocycles. The van der Waals surface area contributed by atoms with Crippen LogP contribution >= 0.6 is 0 Å². The Labute approximate surface area is 138 Å². The summed E-state index contributed by atoms with van der Waals surface area (Å²) in [7, 11) is 2.09. The van der Waals surface area contributed by atoms with E-state index in [1.807, 2.05) is 0 Å². The zero-order valence-electron chi connectivity index (χ0n) is 14.3. The smallest absolute Gasteiger partial charge is 0.460 e. The highest BCUT2D eigenvalue weighted by Gasteiger charge is 2.36. The van der Waals surface area contributed by atoms with E-state index in [0.29, 0.717) is 24.6 Å². The Morgan fingerprint density at radius 3 is 2.26 bits per heavy atom. The van der Waals surface area contributed by atoms with Crippen molar-refractivity contribution < 1.29 is 37.4 Å². The number of carbonyl (C=O) groups excluding carboxylic acids is 1. The van der Waals surface area contributed by atoms with E-state index in [1.54, 1.807) is 28.3 Å². The van der Waals surface area contributed by atoms with Crippen LogP contribution in [0, 0.1) is 0 Å². The molecule has 0 aromatic rings. The lowest BCUT2D eigenvalue weighted by Crippen LogP contribution is -2.42. The lowest BCUT2D eigenvalue weighted by molar-refractivity contribution is -0.156. The summed E-state index contributed by atoms with van der Waals surface area (Å²) in [6.45, 7) is 5.57. The van der Waals surface area contributed by atoms with E-state index in [9.17, 15) is 9.90 Å². The first kappa shape index (κ1) is 22.2. The molecule has 8 nitrogen and oxygen atoms in total. The quantitative estimate of drug-likeness (QED) is 0.161. The Hall–Kier alpha value is -0.813. The molecular formula is C14H28O8Si. The second-order valence-corrected chi connectivity index (χ2v) is 7.81. The van der Waals surface area contributed by atoms with E-state index in [4.69, 9.17) is 27.5 Å². The van der Waals surface area contributed by atoms with Gasteiger partial charge in [0.25, 0.3) is 0 Å². The van der Waals surface area contributed by atoms with Gasteiger partial charge >= 0.3 is 14.8 Å². The van der Waals surface area contributed by atoms with Crippen LogP contribution in [0.1, 0.15) is 13.3 Å². The molecule has 0 rings (SSSR count). The minimum atomic E-state index is -2.57. The van der Waals surface area contributed by atoms with Gasteiger partial charge in [-0.2, -0.15) is 0 Å². The summed E-state index contributed by atoms with van der Waals surface area (Å²) in [5.41, 5.74) is 0.316. The molecular weight excluding hydrogens is 324 g/mol. The highest BCUT2D eigenvalue weighted by Crippen LogP contribution is 2.14. The largest absolute Gasteiger partial charge is 0.500 e. The summed E-state index contributed by atoms with van der Waals surface area (Å²) < 4.78 is 31.0. The van der Waals surface area contributed by atoms with E-state index in [1.165, 1.54) is 0 Å². The van der Waals surface area contributed by atoms with Crippen molar-refractivity contribution in [3.8, 4) is 0 Å². The van der Waals surface area contributed by atoms with E-state index >= 15 is 0 Å². The minimum absolute atomic E-state index is 0.0237. The summed E-state index contributed by atoms with van der Waals surface area (Å²) in [6.07, 6.45) is -0.405. The number of rotatable bonds is 14. The summed E-state index contributed by atoms with van der Waals surface area (Å²) >= 11 is 0. The van der Waals surface area contributed by atoms with Crippen molar-refractivity contribution in [3.63, 3.8) is 0 Å². The summed E-state index contributed by atoms with van der Waals surface area (Å²) in [5, 5.41) is 9.55. The Kier molecular flexibility index (Phi) is 12.1. The van der Waals surface area contributed by atoms with Gasteiger partial charge in [-0.3, -0.25) is 0 Å². The molecule has 0 amide bonds. The Morgan fingerprint density at radius 1 is 1.13 bits per heavy atom. The Balaban J connectivity index is 3.65. The monoisotopic (exact) mass is 352 g/mol. The maximum Gasteiger partial charge on any atom is 0.500 e. The van der Waals surface area contributed by atoms with Gasteiger partial charge in [-0.1, -0.05) is 6.58 Å². The molecule has 0 aliphatic carbocycles. The zero-order valence-corrected chi connectivity index (χ0v) is 15.3. The van der Waals surface area contributed by atoms with Crippen molar-refractivity contribution in [2.24, 2.45) is 0 Å². The highest BCUT2D eigenvalue weighted by atomic mass is 28.4. The van der Waals surface area contributed by atoms with E-state index in [-0.39, 0.29) is 19.8 Å². The second-order valence-electron chi connectivity index (χ2n) is 4.72. The molecule has 1 N–H and O–H groups in total. The van der Waals surface area contributed by atoms with Gasteiger partial charge in [-0.05, 0) is 13.3 Å². The fraction of sp³-hybridized carbons (Fsp3) is 0.786. The average Bonchev–Trinajstić information content (AvgIpc) is 2.55. The van der Waals surface area contributed by atoms with E-state index < -0.39 is 21.1 Å². The molecule has 0 heterocycles. The van der Waals surface area contributed by atoms with Crippen LogP contribution in [0.2, 0.25) is 6.04 Å². The van der Waals surface area contributed by atoms with Gasteiger partial charge in [-0.15, -0.1) is 0 Å². The van der Waals surface area contributed by atoms with E-state index in [2.05, 4.69) is 6.58 Å². The third kappa shape index (κ3) is 9.82. The molecule has 0 bridgehead atoms. The number of aliphatic hydroxyl groups is 1. The van der Waals surface area contributed by atoms with Crippen molar-refractivity contribution in [3.05, 3.63) is 12.2 Å². The lowest BCUT2D eigenvalue weighted by atomic mass is 10.4. The maximum atomic E-state index is 11.1. The number of ether oxygens (including phenoxy) is 3. The third-order valence-electron chi connectivity index (χ3n) is 2.94. The minimum Gasteiger partial charge on any atom is -0.460 e. The van der Waals surface area contributed by atoms with Gasteiger partial charge in [0, 0.05) is 39.6 Å². The number of carbonyl (C=O) groups is 1. The molecule has 0 aromatic heterocycles. The molecule has 0 saturated heterocycles. The van der Waals surface area contributed by atoms with Crippen LogP contribution in [-0.4, -0.2) is 73.9 Å². The molecule has 0 aliphatic rings. The number of aliphatic hydroxyl groups excluding tert-OH is 1. The number of hydrogen-bond donors (Lipinski definition) is 1. The second kappa shape index (κ2) is 12.6. The first-order valence-corrected chi connectivity index (χ1v) is 9.19. The highest BCUT2D eigenvalue weighted by molar-refractivity contribution is 6.60. The molecule has 0 spiro atoms. The molecule has 136 valence electrons. The number of esters is 1. The Bertz CT molecular complexity index is 337. The third-order valence-corrected chi connectivity index (χ3v) is 5.77. The standard InChI is InChI=1S/C14H28O8Si/c1-12(2)14(16)22-9-8-21-13(15)11-20-7-6-10-23(17-3,18-4)19-5/h13,15H,1,6-11H2,2-5H3. The zero-order chi connectivity index (χ0) is 17.7. The van der Waals surface area contributed by atoms with Gasteiger partial charge < -0.3 is 32.6 Å². The van der Waals surface area contributed by atoms with Crippen LogP contribution in [0.3, 0.4) is 0 Å². The van der Waals surface area contributed by atoms with Gasteiger partial charge in [0.15, 0.2) is 6.29 Å². The van der Waals surface area contributed by atoms with Crippen molar-refractivity contribution in [1.82, 2.24) is 0 Å². The SMILES string of the molecule is C=C(C)C(=O)OCCOC(O)COCCC[Si](OC)(OC)OC. The summed E-state index contributed by atoms with van der Waals surface area (Å²) in [6, 6.07) is 0.615. The van der Waals surface area contributed by atoms with Crippen molar-refractivity contribution in [1.29, 1.82) is 0 Å². The van der Waals surface area contributed by atoms with Crippen LogP contribution < -0.4 is 0 Å². The van der Waals surface area contributed by atoms with Gasteiger partial charge in [-0.25, -0.2) is 4.79 Å². The van der Waals surface area contributed by atoms with Crippen LogP contribution in [-0.2, 0) is 32.3 Å². The molecule has 9 heteroatoms. The Morgan fingerprint density at radius 2 is 1.74 bits per heavy atom. The number of hydrogen-bond acceptors (Lipinski definition) is 8. The molecule has 23 heavy (non-hydrogen) atoms. The van der Waals surface area contributed by atoms with Crippen LogP contribution in [0.4, 0.5) is 0 Å². The van der Waals surface area contributed by atoms with Crippen molar-refractivity contribution >= 4 is 14.8 Å². The maximum absolute atomic E-state index is 11.1. The van der Waals surface area contributed by atoms with Crippen molar-refractivity contribution in [2.75, 3.05) is 47.8 Å². The van der Waals surface area contributed by atoms with Crippen LogP contribution in [0.25, 0.3) is 0 Å². The van der Waals surface area contributed by atoms with Gasteiger partial charge in [0.05, 0.1) is 13.2 Å². The van der Waals surface area contributed by atoms with E-state index in [0.717, 1.165) is 0 Å². The normalized spacial score (nSPS) is 12.9.